The van der Waals surface area contributed by atoms with E-state index in [2.05, 4.69) is 15.6 Å². The number of nitrogens with two attached hydrogens (primary N) is 1. The van der Waals surface area contributed by atoms with Crippen LogP contribution in [0.25, 0.3) is 0 Å². The third kappa shape index (κ3) is 2.75. The zero-order valence-electron chi connectivity index (χ0n) is 9.57. The Morgan fingerprint density at radius 2 is 2.25 bits per heavy atom. The quantitative estimate of drug-likeness (QED) is 0.680. The van der Waals surface area contributed by atoms with Crippen LogP contribution in [0, 0.1) is 0 Å². The minimum atomic E-state index is -0.370. The molecule has 1 aromatic heterocycles. The number of nitrogens with zero attached hydrogens (tertiary/aromatic N) is 1. The molecule has 0 saturated heterocycles. The molecular formula is C10H16N4O2. The molecule has 1 aromatic rings. The van der Waals surface area contributed by atoms with E-state index < -0.39 is 0 Å². The molecule has 88 valence electrons. The predicted molar refractivity (Wildman–Crippen MR) is 62.4 cm³/mol. The highest BCUT2D eigenvalue weighted by Gasteiger charge is 2.11. The molecule has 0 spiro atoms. The molecule has 1 unspecified atom stereocenters. The van der Waals surface area contributed by atoms with Crippen molar-refractivity contribution in [3.8, 4) is 5.88 Å². The van der Waals surface area contributed by atoms with Crippen LogP contribution in [0.2, 0.25) is 0 Å². The van der Waals surface area contributed by atoms with E-state index in [1.165, 1.54) is 7.11 Å². The zero-order chi connectivity index (χ0) is 12.1. The number of rotatable bonds is 4. The molecule has 0 aliphatic rings. The molecule has 0 aliphatic carbocycles. The van der Waals surface area contributed by atoms with Crippen molar-refractivity contribution in [2.24, 2.45) is 0 Å². The molecule has 4 N–H and O–H groups in total. The van der Waals surface area contributed by atoms with Crippen LogP contribution in [0.5, 0.6) is 5.88 Å². The average molecular weight is 224 g/mol. The number of pyridine rings is 1. The molecule has 16 heavy (non-hydrogen) atoms. The number of methoxy groups -OCH3 is 1. The molecule has 1 atom stereocenters. The number of nitrogens with one attached hydrogen (secondary N) is 2. The second kappa shape index (κ2) is 5.20. The Bertz CT molecular complexity index is 381. The van der Waals surface area contributed by atoms with Crippen molar-refractivity contribution in [3.63, 3.8) is 0 Å². The Kier molecular flexibility index (Phi) is 3.93. The van der Waals surface area contributed by atoms with Gasteiger partial charge in [0.2, 0.25) is 11.8 Å². The van der Waals surface area contributed by atoms with Gasteiger partial charge in [-0.15, -0.1) is 0 Å². The number of ether oxygens (including phenoxy) is 1. The summed E-state index contributed by atoms with van der Waals surface area (Å²) in [6.07, 6.45) is 0. The van der Waals surface area contributed by atoms with Crippen molar-refractivity contribution >= 4 is 17.4 Å². The van der Waals surface area contributed by atoms with Crippen molar-refractivity contribution in [2.75, 3.05) is 25.2 Å². The van der Waals surface area contributed by atoms with Gasteiger partial charge in [-0.3, -0.25) is 4.79 Å². The van der Waals surface area contributed by atoms with Gasteiger partial charge in [0.25, 0.3) is 0 Å². The summed E-state index contributed by atoms with van der Waals surface area (Å²) >= 11 is 0. The van der Waals surface area contributed by atoms with E-state index in [-0.39, 0.29) is 11.9 Å². The first-order valence-corrected chi connectivity index (χ1v) is 4.87. The van der Waals surface area contributed by atoms with Crippen LogP contribution >= 0.6 is 0 Å². The summed E-state index contributed by atoms with van der Waals surface area (Å²) < 4.78 is 4.98. The highest BCUT2D eigenvalue weighted by Crippen LogP contribution is 2.20. The molecule has 1 amide bonds. The molecule has 1 rings (SSSR count). The topological polar surface area (TPSA) is 89.3 Å². The summed E-state index contributed by atoms with van der Waals surface area (Å²) in [6.45, 7) is 1.74. The van der Waals surface area contributed by atoms with Gasteiger partial charge in [-0.25, -0.2) is 0 Å². The van der Waals surface area contributed by atoms with Crippen LogP contribution in [0.4, 0.5) is 11.5 Å². The number of amides is 1. The molecule has 0 aliphatic heterocycles. The molecule has 0 radical (unpaired) electrons. The Labute approximate surface area is 94.2 Å². The van der Waals surface area contributed by atoms with Gasteiger partial charge in [0.15, 0.2) is 0 Å². The van der Waals surface area contributed by atoms with Gasteiger partial charge in [-0.1, -0.05) is 0 Å². The van der Waals surface area contributed by atoms with Crippen LogP contribution in [-0.4, -0.2) is 31.1 Å². The van der Waals surface area contributed by atoms with Gasteiger partial charge in [-0.05, 0) is 19.1 Å². The second-order valence-electron chi connectivity index (χ2n) is 3.28. The maximum atomic E-state index is 11.3. The number of anilines is 2. The number of hydrogen-bond donors (Lipinski definition) is 3. The molecule has 0 aromatic carbocycles. The molecular weight excluding hydrogens is 208 g/mol. The van der Waals surface area contributed by atoms with Crippen LogP contribution < -0.4 is 21.1 Å². The van der Waals surface area contributed by atoms with Gasteiger partial charge >= 0.3 is 0 Å². The maximum Gasteiger partial charge on any atom is 0.241 e. The van der Waals surface area contributed by atoms with Crippen LogP contribution in [-0.2, 0) is 4.79 Å². The van der Waals surface area contributed by atoms with E-state index in [1.54, 1.807) is 26.1 Å². The number of aromatic nitrogens is 1. The Hall–Kier alpha value is -1.98. The van der Waals surface area contributed by atoms with Gasteiger partial charge in [-0.2, -0.15) is 4.98 Å². The van der Waals surface area contributed by atoms with Crippen molar-refractivity contribution < 1.29 is 9.53 Å². The minimum absolute atomic E-state index is 0.113. The molecule has 1 heterocycles. The first-order valence-electron chi connectivity index (χ1n) is 4.87. The first kappa shape index (κ1) is 12.1. The third-order valence-corrected chi connectivity index (χ3v) is 2.09. The number of carbonyl (C=O) groups is 1. The van der Waals surface area contributed by atoms with Gasteiger partial charge in [0, 0.05) is 7.05 Å². The van der Waals surface area contributed by atoms with Gasteiger partial charge in [0.05, 0.1) is 12.8 Å². The van der Waals surface area contributed by atoms with E-state index in [1.807, 2.05) is 0 Å². The number of nitrogen functional groups attached to an aromatic ring is 1. The number of hydrogen-bond acceptors (Lipinski definition) is 5. The minimum Gasteiger partial charge on any atom is -0.479 e. The van der Waals surface area contributed by atoms with E-state index in [9.17, 15) is 4.79 Å². The molecule has 6 nitrogen and oxygen atoms in total. The van der Waals surface area contributed by atoms with Crippen LogP contribution in [0.1, 0.15) is 6.92 Å². The van der Waals surface area contributed by atoms with Gasteiger partial charge in [0.1, 0.15) is 11.9 Å². The van der Waals surface area contributed by atoms with E-state index in [4.69, 9.17) is 10.5 Å². The summed E-state index contributed by atoms with van der Waals surface area (Å²) in [5, 5.41) is 5.48. The average Bonchev–Trinajstić information content (AvgIpc) is 2.30. The molecule has 0 saturated carbocycles. The summed E-state index contributed by atoms with van der Waals surface area (Å²) in [5.41, 5.74) is 6.08. The normalized spacial score (nSPS) is 11.7. The summed E-state index contributed by atoms with van der Waals surface area (Å²) in [6, 6.07) is 2.99. The monoisotopic (exact) mass is 224 g/mol. The SMILES string of the molecule is CNC(=O)C(C)Nc1ccc(N)c(OC)n1. The summed E-state index contributed by atoms with van der Waals surface area (Å²) in [5.74, 6) is 0.772. The molecule has 6 heteroatoms. The fourth-order valence-electron chi connectivity index (χ4n) is 1.20. The lowest BCUT2D eigenvalue weighted by Gasteiger charge is -2.13. The number of carbonyl (C=O) groups excluding carboxylic acids is 1. The van der Waals surface area contributed by atoms with E-state index in [0.29, 0.717) is 17.4 Å². The van der Waals surface area contributed by atoms with E-state index in [0.717, 1.165) is 0 Å². The lowest BCUT2D eigenvalue weighted by atomic mass is 10.3. The van der Waals surface area contributed by atoms with Crippen molar-refractivity contribution in [3.05, 3.63) is 12.1 Å². The van der Waals surface area contributed by atoms with Crippen LogP contribution in [0.3, 0.4) is 0 Å². The largest absolute Gasteiger partial charge is 0.479 e. The maximum absolute atomic E-state index is 11.3. The highest BCUT2D eigenvalue weighted by atomic mass is 16.5. The molecule has 0 fully saturated rings. The fourth-order valence-corrected chi connectivity index (χ4v) is 1.20. The van der Waals surface area contributed by atoms with Crippen molar-refractivity contribution in [1.29, 1.82) is 0 Å². The van der Waals surface area contributed by atoms with Gasteiger partial charge < -0.3 is 21.1 Å². The number of likely N-dealkylation sites (N-methyl/N-ethyl adjacent to an activating group) is 1. The fraction of sp³-hybridized carbons (Fsp3) is 0.400. The Morgan fingerprint density at radius 3 is 2.81 bits per heavy atom. The van der Waals surface area contributed by atoms with Crippen LogP contribution in [0.15, 0.2) is 12.1 Å². The second-order valence-corrected chi connectivity index (χ2v) is 3.28. The summed E-state index contributed by atoms with van der Waals surface area (Å²) in [4.78, 5) is 15.4. The smallest absolute Gasteiger partial charge is 0.241 e. The molecule has 0 bridgehead atoms. The Balaban J connectivity index is 2.78. The summed E-state index contributed by atoms with van der Waals surface area (Å²) in [7, 11) is 3.07. The third-order valence-electron chi connectivity index (χ3n) is 2.09. The van der Waals surface area contributed by atoms with E-state index >= 15 is 0 Å². The lowest BCUT2D eigenvalue weighted by molar-refractivity contribution is -0.121. The highest BCUT2D eigenvalue weighted by molar-refractivity contribution is 5.83. The predicted octanol–water partition coefficient (Wildman–Crippen LogP) is 0.219. The zero-order valence-corrected chi connectivity index (χ0v) is 9.57. The Morgan fingerprint density at radius 1 is 1.56 bits per heavy atom. The first-order chi connectivity index (χ1) is 7.58. The lowest BCUT2D eigenvalue weighted by Crippen LogP contribution is -2.35. The van der Waals surface area contributed by atoms with Crippen molar-refractivity contribution in [1.82, 2.24) is 10.3 Å². The standard InChI is InChI=1S/C10H16N4O2/c1-6(9(15)12-2)13-8-5-4-7(11)10(14-8)16-3/h4-6H,11H2,1-3H3,(H,12,15)(H,13,14). The van der Waals surface area contributed by atoms with Crippen molar-refractivity contribution in [2.45, 2.75) is 13.0 Å².